The molecular formula is C8H9N3OS. The molecule has 0 aliphatic carbocycles. The van der Waals surface area contributed by atoms with Crippen molar-refractivity contribution in [2.75, 3.05) is 0 Å². The Labute approximate surface area is 79.4 Å². The molecule has 0 saturated carbocycles. The smallest absolute Gasteiger partial charge is 0.183 e. The van der Waals surface area contributed by atoms with Gasteiger partial charge in [0, 0.05) is 6.54 Å². The molecular weight excluding hydrogens is 186 g/mol. The van der Waals surface area contributed by atoms with Gasteiger partial charge in [-0.05, 0) is 18.6 Å². The van der Waals surface area contributed by atoms with Crippen LogP contribution in [0.3, 0.4) is 0 Å². The Morgan fingerprint density at radius 3 is 2.92 bits per heavy atom. The van der Waals surface area contributed by atoms with E-state index in [-0.39, 0.29) is 0 Å². The Morgan fingerprint density at radius 2 is 2.38 bits per heavy atom. The average Bonchev–Trinajstić information content (AvgIpc) is 2.71. The molecule has 0 bridgehead atoms. The summed E-state index contributed by atoms with van der Waals surface area (Å²) in [6, 6.07) is 1.90. The van der Waals surface area contributed by atoms with Crippen LogP contribution in [-0.4, -0.2) is 10.2 Å². The van der Waals surface area contributed by atoms with Crippen molar-refractivity contribution in [2.24, 2.45) is 5.73 Å². The lowest BCUT2D eigenvalue weighted by molar-refractivity contribution is 0.579. The van der Waals surface area contributed by atoms with Gasteiger partial charge in [-0.2, -0.15) is 0 Å². The number of rotatable bonds is 2. The predicted octanol–water partition coefficient (Wildman–Crippen LogP) is 1.57. The molecule has 68 valence electrons. The number of aromatic nitrogens is 2. The van der Waals surface area contributed by atoms with Crippen molar-refractivity contribution in [2.45, 2.75) is 13.5 Å². The molecule has 0 radical (unpaired) electrons. The fourth-order valence-corrected chi connectivity index (χ4v) is 1.79. The highest BCUT2D eigenvalue weighted by Crippen LogP contribution is 2.26. The average molecular weight is 195 g/mol. The van der Waals surface area contributed by atoms with E-state index in [1.807, 2.05) is 13.0 Å². The minimum atomic E-state index is 0.428. The first-order valence-electron chi connectivity index (χ1n) is 3.88. The highest BCUT2D eigenvalue weighted by Gasteiger charge is 2.10. The molecule has 0 saturated heterocycles. The lowest BCUT2D eigenvalue weighted by Crippen LogP contribution is -1.94. The molecule has 2 aromatic rings. The molecule has 2 N–H and O–H groups in total. The van der Waals surface area contributed by atoms with E-state index in [0.717, 1.165) is 21.3 Å². The first-order chi connectivity index (χ1) is 6.31. The summed E-state index contributed by atoms with van der Waals surface area (Å²) in [4.78, 5) is 0. The van der Waals surface area contributed by atoms with Crippen LogP contribution < -0.4 is 5.73 Å². The molecule has 13 heavy (non-hydrogen) atoms. The van der Waals surface area contributed by atoms with Gasteiger partial charge in [-0.1, -0.05) is 11.3 Å². The highest BCUT2D eigenvalue weighted by molar-refractivity contribution is 7.14. The normalized spacial score (nSPS) is 10.6. The van der Waals surface area contributed by atoms with Crippen LogP contribution in [0.5, 0.6) is 0 Å². The Morgan fingerprint density at radius 1 is 1.54 bits per heavy atom. The van der Waals surface area contributed by atoms with E-state index in [0.29, 0.717) is 6.54 Å². The van der Waals surface area contributed by atoms with Crippen molar-refractivity contribution < 1.29 is 4.42 Å². The number of furan rings is 1. The van der Waals surface area contributed by atoms with Crippen LogP contribution in [0, 0.1) is 6.92 Å². The summed E-state index contributed by atoms with van der Waals surface area (Å²) in [5.41, 5.74) is 6.50. The number of hydrogen-bond acceptors (Lipinski definition) is 5. The summed E-state index contributed by atoms with van der Waals surface area (Å²) in [7, 11) is 0. The second kappa shape index (κ2) is 3.27. The van der Waals surface area contributed by atoms with Gasteiger partial charge in [0.2, 0.25) is 0 Å². The molecule has 5 heteroatoms. The Bertz CT molecular complexity index is 407. The second-order valence-electron chi connectivity index (χ2n) is 2.64. The largest absolute Gasteiger partial charge is 0.461 e. The van der Waals surface area contributed by atoms with Gasteiger partial charge in [-0.25, -0.2) is 0 Å². The summed E-state index contributed by atoms with van der Waals surface area (Å²) >= 11 is 1.46. The SMILES string of the molecule is Cc1ccoc1-c1nnc(CN)s1. The van der Waals surface area contributed by atoms with Crippen molar-refractivity contribution in [3.63, 3.8) is 0 Å². The molecule has 4 nitrogen and oxygen atoms in total. The molecule has 0 aromatic carbocycles. The maximum absolute atomic E-state index is 5.43. The fraction of sp³-hybridized carbons (Fsp3) is 0.250. The zero-order chi connectivity index (χ0) is 9.26. The Kier molecular flexibility index (Phi) is 2.12. The van der Waals surface area contributed by atoms with Crippen LogP contribution in [0.2, 0.25) is 0 Å². The third-order valence-corrected chi connectivity index (χ3v) is 2.64. The number of aryl methyl sites for hydroxylation is 1. The molecule has 0 atom stereocenters. The maximum Gasteiger partial charge on any atom is 0.183 e. The van der Waals surface area contributed by atoms with Crippen LogP contribution >= 0.6 is 11.3 Å². The fourth-order valence-electron chi connectivity index (χ4n) is 1.02. The molecule has 2 rings (SSSR count). The molecule has 0 aliphatic rings. The Balaban J connectivity index is 2.41. The van der Waals surface area contributed by atoms with Gasteiger partial charge < -0.3 is 10.2 Å². The highest BCUT2D eigenvalue weighted by atomic mass is 32.1. The van der Waals surface area contributed by atoms with Gasteiger partial charge in [0.25, 0.3) is 0 Å². The van der Waals surface area contributed by atoms with E-state index >= 15 is 0 Å². The van der Waals surface area contributed by atoms with Crippen molar-refractivity contribution in [1.29, 1.82) is 0 Å². The molecule has 0 fully saturated rings. The van der Waals surface area contributed by atoms with E-state index in [4.69, 9.17) is 10.2 Å². The zero-order valence-electron chi connectivity index (χ0n) is 7.15. The first-order valence-corrected chi connectivity index (χ1v) is 4.70. The summed E-state index contributed by atoms with van der Waals surface area (Å²) in [6.07, 6.45) is 1.65. The van der Waals surface area contributed by atoms with Crippen LogP contribution in [0.4, 0.5) is 0 Å². The molecule has 2 aromatic heterocycles. The standard InChI is InChI=1S/C8H9N3OS/c1-5-2-3-12-7(5)8-11-10-6(4-9)13-8/h2-3H,4,9H2,1H3. The summed E-state index contributed by atoms with van der Waals surface area (Å²) in [5, 5.41) is 9.52. The number of nitrogens with zero attached hydrogens (tertiary/aromatic N) is 2. The van der Waals surface area contributed by atoms with Gasteiger partial charge in [-0.3, -0.25) is 0 Å². The maximum atomic E-state index is 5.43. The number of nitrogens with two attached hydrogens (primary N) is 1. The van der Waals surface area contributed by atoms with Crippen molar-refractivity contribution in [1.82, 2.24) is 10.2 Å². The van der Waals surface area contributed by atoms with Crippen molar-refractivity contribution in [3.05, 3.63) is 22.9 Å². The van der Waals surface area contributed by atoms with Gasteiger partial charge in [0.1, 0.15) is 5.01 Å². The van der Waals surface area contributed by atoms with E-state index in [1.54, 1.807) is 6.26 Å². The lowest BCUT2D eigenvalue weighted by atomic mass is 10.3. The predicted molar refractivity (Wildman–Crippen MR) is 50.2 cm³/mol. The van der Waals surface area contributed by atoms with Crippen LogP contribution in [-0.2, 0) is 6.54 Å². The Hall–Kier alpha value is -1.20. The monoisotopic (exact) mass is 195 g/mol. The third-order valence-electron chi connectivity index (χ3n) is 1.70. The lowest BCUT2D eigenvalue weighted by Gasteiger charge is -1.88. The second-order valence-corrected chi connectivity index (χ2v) is 3.70. The number of hydrogen-bond donors (Lipinski definition) is 1. The van der Waals surface area contributed by atoms with Crippen molar-refractivity contribution in [3.8, 4) is 10.8 Å². The summed E-state index contributed by atoms with van der Waals surface area (Å²) in [5.74, 6) is 0.789. The van der Waals surface area contributed by atoms with Gasteiger partial charge in [0.05, 0.1) is 6.26 Å². The minimum Gasteiger partial charge on any atom is -0.461 e. The van der Waals surface area contributed by atoms with E-state index < -0.39 is 0 Å². The summed E-state index contributed by atoms with van der Waals surface area (Å²) < 4.78 is 5.28. The molecule has 0 unspecified atom stereocenters. The van der Waals surface area contributed by atoms with Crippen molar-refractivity contribution >= 4 is 11.3 Å². The van der Waals surface area contributed by atoms with Gasteiger partial charge >= 0.3 is 0 Å². The van der Waals surface area contributed by atoms with Crippen LogP contribution in [0.25, 0.3) is 10.8 Å². The third kappa shape index (κ3) is 1.48. The van der Waals surface area contributed by atoms with E-state index in [2.05, 4.69) is 10.2 Å². The summed E-state index contributed by atoms with van der Waals surface area (Å²) in [6.45, 7) is 2.40. The van der Waals surface area contributed by atoms with Gasteiger partial charge in [0.15, 0.2) is 10.8 Å². The quantitative estimate of drug-likeness (QED) is 0.789. The van der Waals surface area contributed by atoms with E-state index in [9.17, 15) is 0 Å². The first kappa shape index (κ1) is 8.40. The molecule has 0 spiro atoms. The van der Waals surface area contributed by atoms with E-state index in [1.165, 1.54) is 11.3 Å². The molecule has 0 amide bonds. The molecule has 2 heterocycles. The zero-order valence-corrected chi connectivity index (χ0v) is 7.97. The topological polar surface area (TPSA) is 64.9 Å². The van der Waals surface area contributed by atoms with Gasteiger partial charge in [-0.15, -0.1) is 10.2 Å². The minimum absolute atomic E-state index is 0.428. The molecule has 0 aliphatic heterocycles. The van der Waals surface area contributed by atoms with Crippen LogP contribution in [0.1, 0.15) is 10.6 Å². The van der Waals surface area contributed by atoms with Crippen LogP contribution in [0.15, 0.2) is 16.7 Å².